The van der Waals surface area contributed by atoms with Crippen LogP contribution in [0.15, 0.2) is 83.3 Å². The zero-order valence-corrected chi connectivity index (χ0v) is 21.8. The molecule has 188 valence electrons. The van der Waals surface area contributed by atoms with Crippen LogP contribution in [0.3, 0.4) is 0 Å². The number of imidazole rings is 1. The number of benzene rings is 3. The van der Waals surface area contributed by atoms with Gasteiger partial charge in [-0.1, -0.05) is 76.6 Å². The molecule has 3 aromatic carbocycles. The van der Waals surface area contributed by atoms with Crippen molar-refractivity contribution in [1.82, 2.24) is 14.5 Å². The van der Waals surface area contributed by atoms with Crippen molar-refractivity contribution in [2.45, 2.75) is 32.2 Å². The minimum atomic E-state index is -0.619. The first kappa shape index (κ1) is 25.0. The van der Waals surface area contributed by atoms with Gasteiger partial charge in [-0.05, 0) is 36.4 Å². The van der Waals surface area contributed by atoms with Crippen molar-refractivity contribution in [2.24, 2.45) is 0 Å². The van der Waals surface area contributed by atoms with Gasteiger partial charge in [-0.3, -0.25) is 14.5 Å². The van der Waals surface area contributed by atoms with Crippen LogP contribution in [-0.4, -0.2) is 39.3 Å². The Kier molecular flexibility index (Phi) is 7.30. The molecule has 8 heteroatoms. The average Bonchev–Trinajstić information content (AvgIpc) is 3.24. The van der Waals surface area contributed by atoms with E-state index in [1.54, 1.807) is 6.07 Å². The minimum Gasteiger partial charge on any atom is -0.460 e. The number of rotatable bonds is 7. The van der Waals surface area contributed by atoms with E-state index >= 15 is 0 Å². The van der Waals surface area contributed by atoms with E-state index in [0.29, 0.717) is 29.7 Å². The van der Waals surface area contributed by atoms with E-state index in [2.05, 4.69) is 20.9 Å². The van der Waals surface area contributed by atoms with Crippen LogP contribution in [0.5, 0.6) is 0 Å². The summed E-state index contributed by atoms with van der Waals surface area (Å²) in [6, 6.07) is 23.1. The van der Waals surface area contributed by atoms with E-state index < -0.39 is 17.6 Å². The molecule has 0 fully saturated rings. The van der Waals surface area contributed by atoms with Gasteiger partial charge in [-0.15, -0.1) is 0 Å². The predicted molar refractivity (Wildman–Crippen MR) is 141 cm³/mol. The van der Waals surface area contributed by atoms with E-state index in [1.807, 2.05) is 77.2 Å². The van der Waals surface area contributed by atoms with Gasteiger partial charge in [0.1, 0.15) is 18.5 Å². The van der Waals surface area contributed by atoms with Crippen molar-refractivity contribution in [3.8, 4) is 0 Å². The molecular formula is C29H25BrFN3O3. The third-order valence-corrected chi connectivity index (χ3v) is 7.02. The summed E-state index contributed by atoms with van der Waals surface area (Å²) in [5.74, 6) is -1.31. The van der Waals surface area contributed by atoms with Gasteiger partial charge in [0.15, 0.2) is 5.82 Å². The molecule has 4 aromatic rings. The highest BCUT2D eigenvalue weighted by molar-refractivity contribution is 9.10. The Morgan fingerprint density at radius 3 is 2.38 bits per heavy atom. The zero-order chi connectivity index (χ0) is 25.9. The van der Waals surface area contributed by atoms with E-state index in [9.17, 15) is 14.0 Å². The Morgan fingerprint density at radius 1 is 1.03 bits per heavy atom. The average molecular weight is 562 g/mol. The molecule has 0 aliphatic carbocycles. The number of nitrogens with zero attached hydrogens (tertiary/aromatic N) is 3. The van der Waals surface area contributed by atoms with Gasteiger partial charge in [0.25, 0.3) is 0 Å². The van der Waals surface area contributed by atoms with E-state index in [-0.39, 0.29) is 24.0 Å². The maximum atomic E-state index is 14.7. The fourth-order valence-corrected chi connectivity index (χ4v) is 4.89. The van der Waals surface area contributed by atoms with Crippen molar-refractivity contribution >= 4 is 27.7 Å². The summed E-state index contributed by atoms with van der Waals surface area (Å²) in [7, 11) is 1.85. The molecule has 0 bridgehead atoms. The molecule has 0 saturated carbocycles. The van der Waals surface area contributed by atoms with Crippen LogP contribution >= 0.6 is 15.9 Å². The topological polar surface area (TPSA) is 64.4 Å². The van der Waals surface area contributed by atoms with Crippen molar-refractivity contribution in [3.05, 3.63) is 123 Å². The zero-order valence-electron chi connectivity index (χ0n) is 20.2. The number of fused-ring (bicyclic) bond motifs is 1. The Bertz CT molecular complexity index is 1440. The third kappa shape index (κ3) is 5.40. The lowest BCUT2D eigenvalue weighted by atomic mass is 10.0. The maximum absolute atomic E-state index is 14.7. The van der Waals surface area contributed by atoms with Gasteiger partial charge in [0.05, 0.1) is 17.0 Å². The number of carbonyl (C=O) groups excluding carboxylic acids is 2. The molecule has 1 unspecified atom stereocenters. The Morgan fingerprint density at radius 2 is 1.70 bits per heavy atom. The molecule has 1 aromatic heterocycles. The van der Waals surface area contributed by atoms with Crippen LogP contribution in [0.4, 0.5) is 4.39 Å². The number of esters is 1. The first-order valence-corrected chi connectivity index (χ1v) is 12.7. The summed E-state index contributed by atoms with van der Waals surface area (Å²) in [5, 5.41) is 0. The number of halogens is 2. The molecule has 6 nitrogen and oxygen atoms in total. The van der Waals surface area contributed by atoms with Crippen molar-refractivity contribution in [2.75, 3.05) is 7.05 Å². The van der Waals surface area contributed by atoms with Crippen LogP contribution in [0.1, 0.15) is 38.7 Å². The van der Waals surface area contributed by atoms with Gasteiger partial charge in [0.2, 0.25) is 5.78 Å². The van der Waals surface area contributed by atoms with E-state index in [0.717, 1.165) is 16.8 Å². The van der Waals surface area contributed by atoms with E-state index in [1.165, 1.54) is 12.1 Å². The summed E-state index contributed by atoms with van der Waals surface area (Å²) >= 11 is 3.24. The number of hydrogen-bond donors (Lipinski definition) is 0. The van der Waals surface area contributed by atoms with Crippen molar-refractivity contribution in [1.29, 1.82) is 0 Å². The van der Waals surface area contributed by atoms with Gasteiger partial charge in [0, 0.05) is 24.0 Å². The first-order chi connectivity index (χ1) is 17.9. The number of hydrogen-bond acceptors (Lipinski definition) is 5. The van der Waals surface area contributed by atoms with Crippen LogP contribution in [0, 0.1) is 5.82 Å². The molecule has 1 aliphatic heterocycles. The summed E-state index contributed by atoms with van der Waals surface area (Å²) in [6.07, 6.45) is 0.296. The van der Waals surface area contributed by atoms with Crippen molar-refractivity contribution < 1.29 is 18.7 Å². The second kappa shape index (κ2) is 10.8. The highest BCUT2D eigenvalue weighted by atomic mass is 79.9. The Hall–Kier alpha value is -3.62. The summed E-state index contributed by atoms with van der Waals surface area (Å²) in [5.41, 5.74) is 3.33. The second-order valence-corrected chi connectivity index (χ2v) is 10.00. The fourth-order valence-electron chi connectivity index (χ4n) is 4.55. The van der Waals surface area contributed by atoms with Gasteiger partial charge in [-0.2, -0.15) is 0 Å². The summed E-state index contributed by atoms with van der Waals surface area (Å²) in [6.45, 7) is 0.988. The molecule has 5 rings (SSSR count). The number of ether oxygens (including phenoxy) is 1. The highest BCUT2D eigenvalue weighted by Crippen LogP contribution is 2.27. The molecule has 0 N–H and O–H groups in total. The molecule has 0 saturated heterocycles. The predicted octanol–water partition coefficient (Wildman–Crippen LogP) is 5.16. The molecule has 37 heavy (non-hydrogen) atoms. The molecule has 0 radical (unpaired) electrons. The Labute approximate surface area is 222 Å². The third-order valence-electron chi connectivity index (χ3n) is 6.53. The lowest BCUT2D eigenvalue weighted by Crippen LogP contribution is -2.44. The molecular weight excluding hydrogens is 537 g/mol. The first-order valence-electron chi connectivity index (χ1n) is 11.9. The summed E-state index contributed by atoms with van der Waals surface area (Å²) < 4.78 is 22.7. The molecule has 1 atom stereocenters. The lowest BCUT2D eigenvalue weighted by molar-refractivity contribution is -0.151. The second-order valence-electron chi connectivity index (χ2n) is 9.08. The summed E-state index contributed by atoms with van der Waals surface area (Å²) in [4.78, 5) is 33.1. The quantitative estimate of drug-likeness (QED) is 0.230. The maximum Gasteiger partial charge on any atom is 0.324 e. The van der Waals surface area contributed by atoms with E-state index in [4.69, 9.17) is 4.74 Å². The van der Waals surface area contributed by atoms with Gasteiger partial charge >= 0.3 is 5.97 Å². The van der Waals surface area contributed by atoms with Crippen LogP contribution in [0.25, 0.3) is 0 Å². The van der Waals surface area contributed by atoms with Crippen molar-refractivity contribution in [3.63, 3.8) is 0 Å². The molecule has 2 heterocycles. The highest BCUT2D eigenvalue weighted by Gasteiger charge is 2.35. The van der Waals surface area contributed by atoms with Crippen LogP contribution in [0.2, 0.25) is 0 Å². The standard InChI is InChI=1S/C29H25BrFN3O3/c1-33-17-26-24(15-25(33)29(36)37-18-20-10-6-3-7-11-20)32-28(34(26)16-19-8-4-2-5-9-19)27(35)22-13-12-21(30)14-23(22)31/h2-14,25H,15-18H2,1H3. The SMILES string of the molecule is CN1Cc2c(nc(C(=O)c3ccc(Br)cc3F)n2Cc2ccccc2)CC1C(=O)OCc1ccccc1. The van der Waals surface area contributed by atoms with Gasteiger partial charge < -0.3 is 9.30 Å². The van der Waals surface area contributed by atoms with Crippen LogP contribution < -0.4 is 0 Å². The van der Waals surface area contributed by atoms with Crippen LogP contribution in [-0.2, 0) is 35.6 Å². The van der Waals surface area contributed by atoms with Gasteiger partial charge in [-0.25, -0.2) is 9.37 Å². The fraction of sp³-hybridized carbons (Fsp3) is 0.207. The minimum absolute atomic E-state index is 0.0490. The largest absolute Gasteiger partial charge is 0.460 e. The molecule has 0 spiro atoms. The monoisotopic (exact) mass is 561 g/mol. The Balaban J connectivity index is 1.46. The number of aromatic nitrogens is 2. The molecule has 0 amide bonds. The smallest absolute Gasteiger partial charge is 0.324 e. The molecule has 1 aliphatic rings. The number of likely N-dealkylation sites (N-methyl/N-ethyl adjacent to an activating group) is 1. The number of carbonyl (C=O) groups is 2. The normalized spacial score (nSPS) is 15.3. The lowest BCUT2D eigenvalue weighted by Gasteiger charge is -2.31. The number of ketones is 1.